The minimum atomic E-state index is 0.529. The fourth-order valence-electron chi connectivity index (χ4n) is 2.29. The number of nitrogen functional groups attached to an aromatic ring is 1. The van der Waals surface area contributed by atoms with Gasteiger partial charge in [-0.1, -0.05) is 37.6 Å². The summed E-state index contributed by atoms with van der Waals surface area (Å²) >= 11 is 0. The van der Waals surface area contributed by atoms with E-state index in [-0.39, 0.29) is 0 Å². The Bertz CT molecular complexity index is 571. The molecule has 1 aromatic heterocycles. The number of aryl methyl sites for hydroxylation is 1. The van der Waals surface area contributed by atoms with Crippen LogP contribution in [0.1, 0.15) is 43.5 Å². The Labute approximate surface area is 113 Å². The van der Waals surface area contributed by atoms with Gasteiger partial charge in [0.15, 0.2) is 0 Å². The highest BCUT2D eigenvalue weighted by atomic mass is 15.0. The number of anilines is 1. The van der Waals surface area contributed by atoms with Gasteiger partial charge >= 0.3 is 0 Å². The summed E-state index contributed by atoms with van der Waals surface area (Å²) in [5.41, 5.74) is 9.32. The van der Waals surface area contributed by atoms with Crippen LogP contribution in [0.5, 0.6) is 0 Å². The Morgan fingerprint density at radius 3 is 2.53 bits per heavy atom. The van der Waals surface area contributed by atoms with E-state index in [1.807, 2.05) is 6.07 Å². The average molecular weight is 253 g/mol. The van der Waals surface area contributed by atoms with E-state index in [0.29, 0.717) is 11.7 Å². The first-order valence-corrected chi connectivity index (χ1v) is 7.00. The van der Waals surface area contributed by atoms with Crippen LogP contribution in [-0.4, -0.2) is 9.97 Å². The molecule has 3 nitrogen and oxygen atoms in total. The fourth-order valence-corrected chi connectivity index (χ4v) is 2.29. The highest BCUT2D eigenvalue weighted by Crippen LogP contribution is 2.39. The summed E-state index contributed by atoms with van der Waals surface area (Å²) < 4.78 is 0. The summed E-state index contributed by atoms with van der Waals surface area (Å²) in [6.45, 7) is 2.20. The summed E-state index contributed by atoms with van der Waals surface area (Å²) in [6, 6.07) is 10.5. The Morgan fingerprint density at radius 2 is 1.89 bits per heavy atom. The number of hydrogen-bond acceptors (Lipinski definition) is 3. The zero-order chi connectivity index (χ0) is 13.2. The molecule has 0 radical (unpaired) electrons. The molecular formula is C16H19N3. The van der Waals surface area contributed by atoms with Crippen molar-refractivity contribution in [1.29, 1.82) is 0 Å². The second kappa shape index (κ2) is 5.00. The van der Waals surface area contributed by atoms with Crippen LogP contribution in [0.25, 0.3) is 11.3 Å². The van der Waals surface area contributed by atoms with Crippen LogP contribution in [-0.2, 0) is 6.42 Å². The fraction of sp³-hybridized carbons (Fsp3) is 0.375. The lowest BCUT2D eigenvalue weighted by Gasteiger charge is -2.06. The summed E-state index contributed by atoms with van der Waals surface area (Å²) in [4.78, 5) is 8.99. The Balaban J connectivity index is 1.92. The maximum absolute atomic E-state index is 5.89. The van der Waals surface area contributed by atoms with Gasteiger partial charge in [-0.25, -0.2) is 9.97 Å². The number of aromatic nitrogens is 2. The van der Waals surface area contributed by atoms with E-state index < -0.39 is 0 Å². The van der Waals surface area contributed by atoms with Gasteiger partial charge in [-0.15, -0.1) is 0 Å². The molecule has 1 heterocycles. The first kappa shape index (κ1) is 12.2. The molecule has 0 aliphatic heterocycles. The summed E-state index contributed by atoms with van der Waals surface area (Å²) in [5, 5.41) is 0. The van der Waals surface area contributed by atoms with Crippen molar-refractivity contribution in [3.8, 4) is 11.3 Å². The van der Waals surface area contributed by atoms with Crippen molar-refractivity contribution in [3.63, 3.8) is 0 Å². The van der Waals surface area contributed by atoms with Crippen LogP contribution in [0.4, 0.5) is 5.82 Å². The molecule has 0 atom stereocenters. The summed E-state index contributed by atoms with van der Waals surface area (Å²) in [7, 11) is 0. The van der Waals surface area contributed by atoms with E-state index in [9.17, 15) is 0 Å². The number of rotatable bonds is 4. The van der Waals surface area contributed by atoms with E-state index >= 15 is 0 Å². The summed E-state index contributed by atoms with van der Waals surface area (Å²) in [5.74, 6) is 2.01. The molecule has 3 heteroatoms. The van der Waals surface area contributed by atoms with E-state index in [1.165, 1.54) is 24.8 Å². The Hall–Kier alpha value is -1.90. The quantitative estimate of drug-likeness (QED) is 0.906. The van der Waals surface area contributed by atoms with Gasteiger partial charge in [0, 0.05) is 17.5 Å². The third-order valence-electron chi connectivity index (χ3n) is 3.49. The molecular weight excluding hydrogens is 234 g/mol. The van der Waals surface area contributed by atoms with Gasteiger partial charge in [0.2, 0.25) is 0 Å². The lowest BCUT2D eigenvalue weighted by Crippen LogP contribution is -2.00. The predicted molar refractivity (Wildman–Crippen MR) is 77.9 cm³/mol. The molecule has 1 aliphatic carbocycles. The largest absolute Gasteiger partial charge is 0.384 e. The van der Waals surface area contributed by atoms with Crippen LogP contribution in [0.3, 0.4) is 0 Å². The second-order valence-corrected chi connectivity index (χ2v) is 5.26. The molecule has 1 aromatic carbocycles. The van der Waals surface area contributed by atoms with Crippen LogP contribution in [0.15, 0.2) is 30.3 Å². The summed E-state index contributed by atoms with van der Waals surface area (Å²) in [6.07, 6.45) is 4.68. The molecule has 19 heavy (non-hydrogen) atoms. The molecule has 2 N–H and O–H groups in total. The minimum Gasteiger partial charge on any atom is -0.384 e. The highest BCUT2D eigenvalue weighted by molar-refractivity contribution is 5.62. The molecule has 1 saturated carbocycles. The topological polar surface area (TPSA) is 51.8 Å². The third-order valence-corrected chi connectivity index (χ3v) is 3.49. The molecule has 0 saturated heterocycles. The average Bonchev–Trinajstić information content (AvgIpc) is 3.23. The van der Waals surface area contributed by atoms with Crippen LogP contribution < -0.4 is 5.73 Å². The normalized spacial score (nSPS) is 14.6. The zero-order valence-corrected chi connectivity index (χ0v) is 11.3. The van der Waals surface area contributed by atoms with Gasteiger partial charge in [-0.2, -0.15) is 0 Å². The minimum absolute atomic E-state index is 0.529. The Kier molecular flexibility index (Phi) is 3.20. The number of nitrogens with two attached hydrogens (primary N) is 1. The number of benzene rings is 1. The van der Waals surface area contributed by atoms with Crippen molar-refractivity contribution in [1.82, 2.24) is 9.97 Å². The van der Waals surface area contributed by atoms with Gasteiger partial charge in [0.1, 0.15) is 11.6 Å². The first-order valence-electron chi connectivity index (χ1n) is 7.00. The molecule has 1 aliphatic rings. The van der Waals surface area contributed by atoms with Crippen molar-refractivity contribution in [2.24, 2.45) is 0 Å². The molecule has 98 valence electrons. The highest BCUT2D eigenvalue weighted by Gasteiger charge is 2.27. The number of nitrogens with zero attached hydrogens (tertiary/aromatic N) is 2. The van der Waals surface area contributed by atoms with E-state index in [2.05, 4.69) is 41.2 Å². The van der Waals surface area contributed by atoms with Gasteiger partial charge in [-0.05, 0) is 24.8 Å². The van der Waals surface area contributed by atoms with Crippen molar-refractivity contribution in [2.75, 3.05) is 5.73 Å². The standard InChI is InChI=1S/C16H19N3/c1-2-3-11-4-6-12(7-5-11)14-10-15(17)19-16(18-14)13-8-9-13/h4-7,10,13H,2-3,8-9H2,1H3,(H2,17,18,19). The van der Waals surface area contributed by atoms with Crippen molar-refractivity contribution in [2.45, 2.75) is 38.5 Å². The van der Waals surface area contributed by atoms with E-state index in [4.69, 9.17) is 5.73 Å². The lowest BCUT2D eigenvalue weighted by molar-refractivity contribution is 0.921. The molecule has 0 unspecified atom stereocenters. The molecule has 3 rings (SSSR count). The van der Waals surface area contributed by atoms with Crippen molar-refractivity contribution < 1.29 is 0 Å². The molecule has 1 fully saturated rings. The Morgan fingerprint density at radius 1 is 1.16 bits per heavy atom. The zero-order valence-electron chi connectivity index (χ0n) is 11.3. The SMILES string of the molecule is CCCc1ccc(-c2cc(N)nc(C3CC3)n2)cc1. The maximum atomic E-state index is 5.89. The first-order chi connectivity index (χ1) is 9.26. The van der Waals surface area contributed by atoms with Gasteiger partial charge in [0.05, 0.1) is 5.69 Å². The predicted octanol–water partition coefficient (Wildman–Crippen LogP) is 3.56. The van der Waals surface area contributed by atoms with Crippen LogP contribution >= 0.6 is 0 Å². The van der Waals surface area contributed by atoms with Gasteiger partial charge in [-0.3, -0.25) is 0 Å². The van der Waals surface area contributed by atoms with E-state index in [1.54, 1.807) is 0 Å². The van der Waals surface area contributed by atoms with Crippen molar-refractivity contribution in [3.05, 3.63) is 41.7 Å². The van der Waals surface area contributed by atoms with Gasteiger partial charge in [0.25, 0.3) is 0 Å². The molecule has 0 amide bonds. The van der Waals surface area contributed by atoms with Crippen LogP contribution in [0.2, 0.25) is 0 Å². The van der Waals surface area contributed by atoms with Crippen molar-refractivity contribution >= 4 is 5.82 Å². The lowest BCUT2D eigenvalue weighted by atomic mass is 10.1. The van der Waals surface area contributed by atoms with Gasteiger partial charge < -0.3 is 5.73 Å². The van der Waals surface area contributed by atoms with E-state index in [0.717, 1.165) is 23.5 Å². The molecule has 0 bridgehead atoms. The smallest absolute Gasteiger partial charge is 0.134 e. The monoisotopic (exact) mass is 253 g/mol. The second-order valence-electron chi connectivity index (χ2n) is 5.26. The maximum Gasteiger partial charge on any atom is 0.134 e. The number of hydrogen-bond donors (Lipinski definition) is 1. The van der Waals surface area contributed by atoms with Crippen LogP contribution in [0, 0.1) is 0 Å². The molecule has 0 spiro atoms. The molecule has 2 aromatic rings. The third kappa shape index (κ3) is 2.75.